The third-order valence-corrected chi connectivity index (χ3v) is 6.70. The van der Waals surface area contributed by atoms with Gasteiger partial charge in [0.1, 0.15) is 5.60 Å². The SMILES string of the molecule is C[C-]1C2CC(C1C(=O)OC(C)(C)C)C1C3CCC(C3)C21.[Rf].[Rf]. The van der Waals surface area contributed by atoms with Gasteiger partial charge in [0.2, 0.25) is 0 Å². The number of rotatable bonds is 1. The molecule has 4 saturated carbocycles. The van der Waals surface area contributed by atoms with Gasteiger partial charge in [0.05, 0.1) is 0 Å². The molecule has 7 unspecified atom stereocenters. The fourth-order valence-corrected chi connectivity index (χ4v) is 6.36. The molecule has 116 valence electrons. The maximum absolute atomic E-state index is 12.6. The van der Waals surface area contributed by atoms with Crippen molar-refractivity contribution in [2.75, 3.05) is 0 Å². The largest absolute Gasteiger partial charge is 0.462 e. The molecular formula is C18H27O2Rf2-. The van der Waals surface area contributed by atoms with E-state index in [9.17, 15) is 4.79 Å². The van der Waals surface area contributed by atoms with Crippen LogP contribution < -0.4 is 0 Å². The first-order valence-corrected chi connectivity index (χ1v) is 8.43. The van der Waals surface area contributed by atoms with Gasteiger partial charge in [-0.3, -0.25) is 10.7 Å². The van der Waals surface area contributed by atoms with Crippen LogP contribution in [0.1, 0.15) is 53.4 Å². The van der Waals surface area contributed by atoms with Crippen molar-refractivity contribution in [1.82, 2.24) is 0 Å². The third-order valence-electron chi connectivity index (χ3n) is 6.70. The molecule has 4 aliphatic carbocycles. The molecule has 0 heterocycles. The summed E-state index contributed by atoms with van der Waals surface area (Å²) in [6.45, 7) is 8.18. The molecule has 7 atom stereocenters. The van der Waals surface area contributed by atoms with Gasteiger partial charge in [-0.15, -0.1) is 0 Å². The van der Waals surface area contributed by atoms with Crippen LogP contribution in [0.15, 0.2) is 0 Å². The average molecular weight is 809 g/mol. The number of ether oxygens (including phenoxy) is 1. The summed E-state index contributed by atoms with van der Waals surface area (Å²) in [5, 5.41) is 0. The van der Waals surface area contributed by atoms with Crippen molar-refractivity contribution in [2.45, 2.75) is 59.0 Å². The summed E-state index contributed by atoms with van der Waals surface area (Å²) >= 11 is 0. The van der Waals surface area contributed by atoms with Crippen LogP contribution in [0, 0.1) is 47.3 Å². The first kappa shape index (κ1) is 15.9. The maximum Gasteiger partial charge on any atom is 0.279 e. The maximum atomic E-state index is 12.6. The second-order valence-electron chi connectivity index (χ2n) is 8.75. The molecule has 22 heavy (non-hydrogen) atoms. The zero-order valence-electron chi connectivity index (χ0n) is 14.6. The van der Waals surface area contributed by atoms with Crippen molar-refractivity contribution in [3.05, 3.63) is 5.92 Å². The molecule has 0 aromatic heterocycles. The molecular weight excluding hydrogens is 782 g/mol. The number of hydrogen-bond donors (Lipinski definition) is 0. The van der Waals surface area contributed by atoms with Crippen molar-refractivity contribution in [3.63, 3.8) is 0 Å². The second-order valence-corrected chi connectivity index (χ2v) is 8.75. The molecule has 0 aromatic carbocycles. The number of esters is 1. The van der Waals surface area contributed by atoms with Gasteiger partial charge in [-0.2, -0.15) is 12.8 Å². The van der Waals surface area contributed by atoms with Crippen LogP contribution in [-0.4, -0.2) is 11.6 Å². The first-order valence-electron chi connectivity index (χ1n) is 8.43. The molecule has 0 amide bonds. The zero-order chi connectivity index (χ0) is 14.2. The molecule has 0 aliphatic heterocycles. The molecule has 4 heteroatoms. The van der Waals surface area contributed by atoms with Gasteiger partial charge in [-0.05, 0) is 57.8 Å². The normalized spacial score (nSPS) is 45.2. The predicted octanol–water partition coefficient (Wildman–Crippen LogP) is 3.85. The van der Waals surface area contributed by atoms with E-state index in [0.717, 1.165) is 29.6 Å². The van der Waals surface area contributed by atoms with E-state index in [1.54, 1.807) is 0 Å². The van der Waals surface area contributed by atoms with E-state index >= 15 is 0 Å². The van der Waals surface area contributed by atoms with Crippen LogP contribution in [0.25, 0.3) is 0 Å². The standard InChI is InChI=1S/C18H27O2.2Rf/c1-9-12-8-13(14(9)17(19)20-18(2,3)4)16-11-6-5-10(7-11)15(12)16;;/h10-16H,5-8H2,1-4H3;;/q-1;;. The molecule has 0 saturated heterocycles. The molecule has 2 nitrogen and oxygen atoms in total. The fourth-order valence-electron chi connectivity index (χ4n) is 6.36. The molecule has 0 spiro atoms. The van der Waals surface area contributed by atoms with Crippen molar-refractivity contribution in [3.8, 4) is 0 Å². The van der Waals surface area contributed by atoms with E-state index in [1.807, 2.05) is 20.8 Å². The van der Waals surface area contributed by atoms with Crippen LogP contribution in [0.3, 0.4) is 0 Å². The minimum atomic E-state index is -0.354. The summed E-state index contributed by atoms with van der Waals surface area (Å²) in [5.41, 5.74) is -0.354. The van der Waals surface area contributed by atoms with Crippen LogP contribution >= 0.6 is 0 Å². The molecule has 4 aliphatic rings. The summed E-state index contributed by atoms with van der Waals surface area (Å²) in [7, 11) is 0. The van der Waals surface area contributed by atoms with Gasteiger partial charge >= 0.3 is 0 Å². The van der Waals surface area contributed by atoms with Crippen LogP contribution in [-0.2, 0) is 9.53 Å². The van der Waals surface area contributed by atoms with Crippen molar-refractivity contribution >= 4 is 5.97 Å². The quantitative estimate of drug-likeness (QED) is 0.229. The van der Waals surface area contributed by atoms with Gasteiger partial charge in [0.15, 0.2) is 0 Å². The topological polar surface area (TPSA) is 26.3 Å². The van der Waals surface area contributed by atoms with Gasteiger partial charge in [0.25, 0.3) is 5.97 Å². The van der Waals surface area contributed by atoms with Gasteiger partial charge in [0, 0.05) is 0 Å². The predicted molar refractivity (Wildman–Crippen MR) is 77.7 cm³/mol. The Balaban J connectivity index is 0.000000882. The number of fused-ring (bicyclic) bond motifs is 9. The minimum absolute atomic E-state index is 0. The van der Waals surface area contributed by atoms with Crippen molar-refractivity contribution in [1.29, 1.82) is 0 Å². The second kappa shape index (κ2) is 4.48. The Labute approximate surface area is 122 Å². The smallest absolute Gasteiger partial charge is 0.279 e. The average Bonchev–Trinajstić information content (AvgIpc) is 3.02. The molecule has 4 bridgehead atoms. The Morgan fingerprint density at radius 3 is 2.23 bits per heavy atom. The number of carbonyl (C=O) groups is 1. The molecule has 0 aromatic rings. The van der Waals surface area contributed by atoms with Gasteiger partial charge in [-0.1, -0.05) is 24.2 Å². The molecule has 4 rings (SSSR count). The van der Waals surface area contributed by atoms with E-state index in [4.69, 9.17) is 4.74 Å². The number of hydrogen-bond acceptors (Lipinski definition) is 2. The van der Waals surface area contributed by atoms with E-state index < -0.39 is 0 Å². The summed E-state index contributed by atoms with van der Waals surface area (Å²) in [6.07, 6.45) is 5.61. The van der Waals surface area contributed by atoms with Crippen LogP contribution in [0.4, 0.5) is 0 Å². The Bertz CT molecular complexity index is 445. The summed E-state index contributed by atoms with van der Waals surface area (Å²) in [4.78, 5) is 12.6. The summed E-state index contributed by atoms with van der Waals surface area (Å²) < 4.78 is 5.71. The van der Waals surface area contributed by atoms with Gasteiger partial charge < -0.3 is 4.74 Å². The first-order chi connectivity index (χ1) is 9.37. The Kier molecular flexibility index (Phi) is 3.23. The summed E-state index contributed by atoms with van der Waals surface area (Å²) in [5.74, 6) is 6.65. The van der Waals surface area contributed by atoms with E-state index in [2.05, 4.69) is 6.92 Å². The summed E-state index contributed by atoms with van der Waals surface area (Å²) in [6, 6.07) is 0. The Morgan fingerprint density at radius 2 is 1.64 bits per heavy atom. The number of carbonyl (C=O) groups excluding carboxylic acids is 1. The Morgan fingerprint density at radius 1 is 1.05 bits per heavy atom. The Hall–Kier alpha value is -2.53. The third kappa shape index (κ3) is 1.79. The molecule has 0 N–H and O–H groups in total. The fraction of sp³-hybridized carbons (Fsp3) is 0.889. The van der Waals surface area contributed by atoms with Crippen molar-refractivity contribution in [2.24, 2.45) is 41.4 Å². The molecule has 4 fully saturated rings. The monoisotopic (exact) mass is 809 g/mol. The van der Waals surface area contributed by atoms with Gasteiger partial charge in [-0.25, -0.2) is 0 Å². The minimum Gasteiger partial charge on any atom is -0.462 e. The van der Waals surface area contributed by atoms with Crippen LogP contribution in [0.5, 0.6) is 0 Å². The van der Waals surface area contributed by atoms with Crippen LogP contribution in [0.2, 0.25) is 0 Å². The van der Waals surface area contributed by atoms with E-state index in [1.165, 1.54) is 31.6 Å². The van der Waals surface area contributed by atoms with Crippen molar-refractivity contribution < 1.29 is 9.53 Å². The zero-order valence-corrected chi connectivity index (χ0v) is 27.4. The van der Waals surface area contributed by atoms with E-state index in [-0.39, 0.29) is 17.5 Å². The molecule has 0 radical (unpaired) electrons. The van der Waals surface area contributed by atoms with E-state index in [0.29, 0.717) is 5.92 Å².